The minimum atomic E-state index is -0.982. The molecule has 0 unspecified atom stereocenters. The molecule has 148 valence electrons. The lowest BCUT2D eigenvalue weighted by molar-refractivity contribution is -0.133. The lowest BCUT2D eigenvalue weighted by Crippen LogP contribution is -2.37. The van der Waals surface area contributed by atoms with E-state index in [1.165, 1.54) is 11.9 Å². The SMILES string of the molecule is CN(CC(=O)Nc1ccccc1Br)C(=O)CCNC(=O)c1ccc(F)cc1F. The molecular formula is C19H18BrF2N3O3. The van der Waals surface area contributed by atoms with Gasteiger partial charge in [-0.1, -0.05) is 12.1 Å². The Hall–Kier alpha value is -2.81. The zero-order valence-corrected chi connectivity index (χ0v) is 16.6. The lowest BCUT2D eigenvalue weighted by Gasteiger charge is -2.17. The first-order valence-electron chi connectivity index (χ1n) is 8.29. The number of nitrogens with zero attached hydrogens (tertiary/aromatic N) is 1. The fraction of sp³-hybridized carbons (Fsp3) is 0.211. The van der Waals surface area contributed by atoms with E-state index >= 15 is 0 Å². The number of anilines is 1. The van der Waals surface area contributed by atoms with Crippen molar-refractivity contribution in [1.82, 2.24) is 10.2 Å². The van der Waals surface area contributed by atoms with Gasteiger partial charge < -0.3 is 15.5 Å². The van der Waals surface area contributed by atoms with Gasteiger partial charge in [0, 0.05) is 30.6 Å². The Labute approximate surface area is 169 Å². The van der Waals surface area contributed by atoms with E-state index in [-0.39, 0.29) is 36.9 Å². The van der Waals surface area contributed by atoms with E-state index < -0.39 is 17.5 Å². The van der Waals surface area contributed by atoms with Gasteiger partial charge in [-0.3, -0.25) is 14.4 Å². The zero-order chi connectivity index (χ0) is 20.7. The van der Waals surface area contributed by atoms with Crippen molar-refractivity contribution in [3.8, 4) is 0 Å². The third kappa shape index (κ3) is 6.12. The Bertz CT molecular complexity index is 892. The van der Waals surface area contributed by atoms with Gasteiger partial charge in [-0.2, -0.15) is 0 Å². The number of amides is 3. The molecule has 2 aromatic carbocycles. The fourth-order valence-corrected chi connectivity index (χ4v) is 2.68. The van der Waals surface area contributed by atoms with Crippen LogP contribution >= 0.6 is 15.9 Å². The molecule has 0 saturated carbocycles. The molecule has 2 N–H and O–H groups in total. The smallest absolute Gasteiger partial charge is 0.254 e. The number of likely N-dealkylation sites (N-methyl/N-ethyl adjacent to an activating group) is 1. The average molecular weight is 454 g/mol. The van der Waals surface area contributed by atoms with Gasteiger partial charge in [0.05, 0.1) is 17.8 Å². The summed E-state index contributed by atoms with van der Waals surface area (Å²) in [6.07, 6.45) is -0.0760. The van der Waals surface area contributed by atoms with Crippen LogP contribution in [0, 0.1) is 11.6 Å². The summed E-state index contributed by atoms with van der Waals surface area (Å²) in [5.41, 5.74) is 0.275. The number of benzene rings is 2. The number of hydrogen-bond acceptors (Lipinski definition) is 3. The van der Waals surface area contributed by atoms with Crippen LogP contribution in [0.25, 0.3) is 0 Å². The topological polar surface area (TPSA) is 78.5 Å². The fourth-order valence-electron chi connectivity index (χ4n) is 2.30. The molecule has 6 nitrogen and oxygen atoms in total. The van der Waals surface area contributed by atoms with Crippen molar-refractivity contribution in [2.75, 3.05) is 25.5 Å². The molecule has 0 aliphatic rings. The second-order valence-electron chi connectivity index (χ2n) is 5.91. The van der Waals surface area contributed by atoms with Crippen molar-refractivity contribution < 1.29 is 23.2 Å². The largest absolute Gasteiger partial charge is 0.351 e. The maximum absolute atomic E-state index is 13.5. The molecule has 3 amide bonds. The van der Waals surface area contributed by atoms with Crippen LogP contribution in [0.5, 0.6) is 0 Å². The normalized spacial score (nSPS) is 10.3. The Kier molecular flexibility index (Phi) is 7.62. The Morgan fingerprint density at radius 3 is 2.50 bits per heavy atom. The summed E-state index contributed by atoms with van der Waals surface area (Å²) in [4.78, 5) is 37.2. The van der Waals surface area contributed by atoms with Crippen molar-refractivity contribution in [2.45, 2.75) is 6.42 Å². The van der Waals surface area contributed by atoms with Crippen LogP contribution in [0.15, 0.2) is 46.9 Å². The molecule has 0 radical (unpaired) electrons. The van der Waals surface area contributed by atoms with Crippen LogP contribution in [0.3, 0.4) is 0 Å². The van der Waals surface area contributed by atoms with Gasteiger partial charge in [0.15, 0.2) is 0 Å². The van der Waals surface area contributed by atoms with Crippen LogP contribution in [0.2, 0.25) is 0 Å². The first-order chi connectivity index (χ1) is 13.3. The van der Waals surface area contributed by atoms with E-state index in [9.17, 15) is 23.2 Å². The van der Waals surface area contributed by atoms with E-state index in [2.05, 4.69) is 26.6 Å². The monoisotopic (exact) mass is 453 g/mol. The number of halogens is 3. The Balaban J connectivity index is 1.78. The van der Waals surface area contributed by atoms with Crippen molar-refractivity contribution in [1.29, 1.82) is 0 Å². The molecule has 0 aliphatic heterocycles. The van der Waals surface area contributed by atoms with Gasteiger partial charge in [-0.25, -0.2) is 8.78 Å². The van der Waals surface area contributed by atoms with Gasteiger partial charge in [0.2, 0.25) is 11.8 Å². The van der Waals surface area contributed by atoms with E-state index in [1.807, 2.05) is 6.07 Å². The third-order valence-electron chi connectivity index (χ3n) is 3.75. The number of nitrogens with one attached hydrogen (secondary N) is 2. The predicted molar refractivity (Wildman–Crippen MR) is 104 cm³/mol. The zero-order valence-electron chi connectivity index (χ0n) is 15.0. The highest BCUT2D eigenvalue weighted by molar-refractivity contribution is 9.10. The van der Waals surface area contributed by atoms with Gasteiger partial charge in [0.25, 0.3) is 5.91 Å². The summed E-state index contributed by atoms with van der Waals surface area (Å²) in [5.74, 6) is -3.27. The maximum atomic E-state index is 13.5. The van der Waals surface area contributed by atoms with E-state index in [0.717, 1.165) is 12.1 Å². The quantitative estimate of drug-likeness (QED) is 0.676. The van der Waals surface area contributed by atoms with E-state index in [4.69, 9.17) is 0 Å². The number of hydrogen-bond donors (Lipinski definition) is 2. The van der Waals surface area contributed by atoms with Crippen LogP contribution in [-0.2, 0) is 9.59 Å². The molecule has 0 aliphatic carbocycles. The van der Waals surface area contributed by atoms with Gasteiger partial charge in [-0.15, -0.1) is 0 Å². The van der Waals surface area contributed by atoms with Crippen molar-refractivity contribution >= 4 is 39.3 Å². The Morgan fingerprint density at radius 2 is 1.82 bits per heavy atom. The molecule has 0 bridgehead atoms. The minimum Gasteiger partial charge on any atom is -0.351 e. The van der Waals surface area contributed by atoms with E-state index in [1.54, 1.807) is 18.2 Å². The highest BCUT2D eigenvalue weighted by Crippen LogP contribution is 2.21. The number of carbonyl (C=O) groups is 3. The molecule has 0 spiro atoms. The summed E-state index contributed by atoms with van der Waals surface area (Å²) in [7, 11) is 1.46. The van der Waals surface area contributed by atoms with Crippen molar-refractivity contribution in [3.05, 3.63) is 64.1 Å². The summed E-state index contributed by atoms with van der Waals surface area (Å²) >= 11 is 3.31. The van der Waals surface area contributed by atoms with Crippen LogP contribution in [-0.4, -0.2) is 42.8 Å². The highest BCUT2D eigenvalue weighted by atomic mass is 79.9. The maximum Gasteiger partial charge on any atom is 0.254 e. The predicted octanol–water partition coefficient (Wildman–Crippen LogP) is 2.94. The van der Waals surface area contributed by atoms with Crippen molar-refractivity contribution in [3.63, 3.8) is 0 Å². The lowest BCUT2D eigenvalue weighted by atomic mass is 10.2. The summed E-state index contributed by atoms with van der Waals surface area (Å²) < 4.78 is 27.1. The van der Waals surface area contributed by atoms with Crippen LogP contribution < -0.4 is 10.6 Å². The third-order valence-corrected chi connectivity index (χ3v) is 4.45. The first kappa shape index (κ1) is 21.5. The minimum absolute atomic E-state index is 0.0509. The van der Waals surface area contributed by atoms with Crippen LogP contribution in [0.1, 0.15) is 16.8 Å². The Morgan fingerprint density at radius 1 is 1.11 bits per heavy atom. The number of carbonyl (C=O) groups excluding carboxylic acids is 3. The molecule has 2 rings (SSSR count). The molecule has 0 saturated heterocycles. The molecule has 0 fully saturated rings. The highest BCUT2D eigenvalue weighted by Gasteiger charge is 2.16. The molecule has 2 aromatic rings. The molecule has 0 heterocycles. The molecule has 0 atom stereocenters. The van der Waals surface area contributed by atoms with Gasteiger partial charge >= 0.3 is 0 Å². The molecule has 0 aromatic heterocycles. The summed E-state index contributed by atoms with van der Waals surface area (Å²) in [6.45, 7) is -0.217. The second-order valence-corrected chi connectivity index (χ2v) is 6.76. The number of para-hydroxylation sites is 1. The second kappa shape index (κ2) is 9.93. The van der Waals surface area contributed by atoms with Crippen LogP contribution in [0.4, 0.5) is 14.5 Å². The summed E-state index contributed by atoms with van der Waals surface area (Å²) in [6, 6.07) is 9.67. The standard InChI is InChI=1S/C19H18BrF2N3O3/c1-25(11-17(26)24-16-5-3-2-4-14(16)20)18(27)8-9-23-19(28)13-7-6-12(21)10-15(13)22/h2-7,10H,8-9,11H2,1H3,(H,23,28)(H,24,26). The molecule has 9 heteroatoms. The van der Waals surface area contributed by atoms with Gasteiger partial charge in [0.1, 0.15) is 11.6 Å². The summed E-state index contributed by atoms with van der Waals surface area (Å²) in [5, 5.41) is 5.07. The van der Waals surface area contributed by atoms with Gasteiger partial charge in [-0.05, 0) is 40.2 Å². The molecular weight excluding hydrogens is 436 g/mol. The average Bonchev–Trinajstić information content (AvgIpc) is 2.63. The van der Waals surface area contributed by atoms with E-state index in [0.29, 0.717) is 16.2 Å². The first-order valence-corrected chi connectivity index (χ1v) is 9.09. The molecule has 28 heavy (non-hydrogen) atoms. The number of rotatable bonds is 7. The van der Waals surface area contributed by atoms with Crippen molar-refractivity contribution in [2.24, 2.45) is 0 Å².